The van der Waals surface area contributed by atoms with Crippen molar-refractivity contribution in [2.24, 2.45) is 0 Å². The summed E-state index contributed by atoms with van der Waals surface area (Å²) in [7, 11) is 1.48. The van der Waals surface area contributed by atoms with Gasteiger partial charge in [0.05, 0.1) is 12.8 Å². The molecule has 126 valence electrons. The van der Waals surface area contributed by atoms with Crippen LogP contribution in [0.1, 0.15) is 21.5 Å². The number of benzene rings is 2. The first kappa shape index (κ1) is 18.0. The molecule has 0 heterocycles. The van der Waals surface area contributed by atoms with E-state index < -0.39 is 0 Å². The molecule has 2 aromatic carbocycles. The minimum Gasteiger partial charge on any atom is -0.493 e. The first-order chi connectivity index (χ1) is 11.4. The van der Waals surface area contributed by atoms with Gasteiger partial charge in [0, 0.05) is 10.0 Å². The third-order valence-electron chi connectivity index (χ3n) is 3.54. The number of aldehydes is 1. The van der Waals surface area contributed by atoms with Crippen LogP contribution in [-0.2, 0) is 4.79 Å². The monoisotopic (exact) mass is 391 g/mol. The Hall–Kier alpha value is -2.34. The average molecular weight is 392 g/mol. The molecule has 2 aromatic rings. The first-order valence-electron chi connectivity index (χ1n) is 7.27. The minimum atomic E-state index is -0.291. The van der Waals surface area contributed by atoms with Gasteiger partial charge in [0.2, 0.25) is 0 Å². The van der Waals surface area contributed by atoms with E-state index in [1.807, 2.05) is 26.0 Å². The second-order valence-corrected chi connectivity index (χ2v) is 6.14. The van der Waals surface area contributed by atoms with E-state index in [-0.39, 0.29) is 12.5 Å². The van der Waals surface area contributed by atoms with E-state index in [4.69, 9.17) is 9.47 Å². The molecular formula is C18H18BrNO4. The van der Waals surface area contributed by atoms with Crippen LogP contribution in [-0.4, -0.2) is 25.9 Å². The van der Waals surface area contributed by atoms with Crippen molar-refractivity contribution in [1.82, 2.24) is 0 Å². The van der Waals surface area contributed by atoms with Crippen molar-refractivity contribution in [1.29, 1.82) is 0 Å². The van der Waals surface area contributed by atoms with Crippen molar-refractivity contribution in [2.45, 2.75) is 13.8 Å². The standard InChI is InChI=1S/C18H18BrNO4/c1-11-6-14(19)15(7-12(11)2)20-18(22)10-24-16-5-4-13(9-21)8-17(16)23-3/h4-9H,10H2,1-3H3,(H,20,22). The summed E-state index contributed by atoms with van der Waals surface area (Å²) in [6, 6.07) is 8.61. The van der Waals surface area contributed by atoms with E-state index in [0.717, 1.165) is 21.9 Å². The molecule has 0 aromatic heterocycles. The lowest BCUT2D eigenvalue weighted by atomic mass is 10.1. The maximum absolute atomic E-state index is 12.1. The predicted molar refractivity (Wildman–Crippen MR) is 96.1 cm³/mol. The molecule has 0 saturated heterocycles. The van der Waals surface area contributed by atoms with Gasteiger partial charge in [-0.25, -0.2) is 0 Å². The van der Waals surface area contributed by atoms with Crippen LogP contribution in [0.2, 0.25) is 0 Å². The summed E-state index contributed by atoms with van der Waals surface area (Å²) >= 11 is 3.44. The molecule has 0 unspecified atom stereocenters. The maximum atomic E-state index is 12.1. The quantitative estimate of drug-likeness (QED) is 0.758. The molecule has 1 amide bonds. The number of carbonyl (C=O) groups excluding carboxylic acids is 2. The van der Waals surface area contributed by atoms with Crippen LogP contribution in [0.4, 0.5) is 5.69 Å². The fourth-order valence-electron chi connectivity index (χ4n) is 2.08. The number of nitrogens with one attached hydrogen (secondary N) is 1. The highest BCUT2D eigenvalue weighted by atomic mass is 79.9. The third-order valence-corrected chi connectivity index (χ3v) is 4.20. The molecule has 0 aliphatic carbocycles. The van der Waals surface area contributed by atoms with Gasteiger partial charge in [-0.1, -0.05) is 0 Å². The van der Waals surface area contributed by atoms with Gasteiger partial charge in [0.25, 0.3) is 5.91 Å². The van der Waals surface area contributed by atoms with Crippen molar-refractivity contribution in [3.05, 3.63) is 51.5 Å². The summed E-state index contributed by atoms with van der Waals surface area (Å²) in [5.74, 6) is 0.512. The number of aryl methyl sites for hydroxylation is 2. The van der Waals surface area contributed by atoms with E-state index in [0.29, 0.717) is 22.7 Å². The van der Waals surface area contributed by atoms with Crippen molar-refractivity contribution in [3.8, 4) is 11.5 Å². The van der Waals surface area contributed by atoms with Gasteiger partial charge < -0.3 is 14.8 Å². The molecule has 0 saturated carbocycles. The van der Waals surface area contributed by atoms with E-state index in [1.54, 1.807) is 18.2 Å². The second kappa shape index (κ2) is 7.97. The second-order valence-electron chi connectivity index (χ2n) is 5.28. The lowest BCUT2D eigenvalue weighted by Crippen LogP contribution is -2.20. The zero-order valence-electron chi connectivity index (χ0n) is 13.7. The Labute approximate surface area is 149 Å². The maximum Gasteiger partial charge on any atom is 0.262 e. The van der Waals surface area contributed by atoms with E-state index in [9.17, 15) is 9.59 Å². The molecule has 5 nitrogen and oxygen atoms in total. The van der Waals surface area contributed by atoms with Crippen molar-refractivity contribution in [2.75, 3.05) is 19.0 Å². The Balaban J connectivity index is 2.04. The molecular weight excluding hydrogens is 374 g/mol. The van der Waals surface area contributed by atoms with Gasteiger partial charge in [0.15, 0.2) is 18.1 Å². The molecule has 0 aliphatic rings. The summed E-state index contributed by atoms with van der Waals surface area (Å²) in [6.45, 7) is 3.81. The highest BCUT2D eigenvalue weighted by Crippen LogP contribution is 2.28. The summed E-state index contributed by atoms with van der Waals surface area (Å²) < 4.78 is 11.5. The van der Waals surface area contributed by atoms with Crippen molar-refractivity contribution in [3.63, 3.8) is 0 Å². The molecule has 0 fully saturated rings. The summed E-state index contributed by atoms with van der Waals surface area (Å²) in [5.41, 5.74) is 3.38. The van der Waals surface area contributed by atoms with Crippen LogP contribution in [0.25, 0.3) is 0 Å². The first-order valence-corrected chi connectivity index (χ1v) is 8.06. The van der Waals surface area contributed by atoms with Crippen LogP contribution in [0.15, 0.2) is 34.8 Å². The van der Waals surface area contributed by atoms with Crippen LogP contribution in [0, 0.1) is 13.8 Å². The molecule has 0 bridgehead atoms. The Morgan fingerprint density at radius 2 is 1.88 bits per heavy atom. The van der Waals surface area contributed by atoms with Gasteiger partial charge in [0.1, 0.15) is 6.29 Å². The normalized spacial score (nSPS) is 10.2. The van der Waals surface area contributed by atoms with Gasteiger partial charge >= 0.3 is 0 Å². The number of anilines is 1. The molecule has 1 N–H and O–H groups in total. The minimum absolute atomic E-state index is 0.170. The number of rotatable bonds is 6. The molecule has 24 heavy (non-hydrogen) atoms. The topological polar surface area (TPSA) is 64.6 Å². The zero-order valence-corrected chi connectivity index (χ0v) is 15.3. The average Bonchev–Trinajstić information content (AvgIpc) is 2.57. The fourth-order valence-corrected chi connectivity index (χ4v) is 2.64. The van der Waals surface area contributed by atoms with E-state index >= 15 is 0 Å². The number of ether oxygens (including phenoxy) is 2. The van der Waals surface area contributed by atoms with Gasteiger partial charge in [-0.3, -0.25) is 9.59 Å². The Morgan fingerprint density at radius 1 is 1.17 bits per heavy atom. The van der Waals surface area contributed by atoms with Gasteiger partial charge in [-0.15, -0.1) is 0 Å². The van der Waals surface area contributed by atoms with Gasteiger partial charge in [-0.2, -0.15) is 0 Å². The largest absolute Gasteiger partial charge is 0.493 e. The molecule has 0 spiro atoms. The lowest BCUT2D eigenvalue weighted by Gasteiger charge is -2.13. The van der Waals surface area contributed by atoms with Gasteiger partial charge in [-0.05, 0) is 71.2 Å². The summed E-state index contributed by atoms with van der Waals surface area (Å²) in [6.07, 6.45) is 0.719. The predicted octanol–water partition coefficient (Wildman–Crippen LogP) is 3.90. The Bertz CT molecular complexity index is 774. The van der Waals surface area contributed by atoms with Crippen LogP contribution in [0.3, 0.4) is 0 Å². The Kier molecular flexibility index (Phi) is 5.98. The van der Waals surface area contributed by atoms with Crippen molar-refractivity contribution < 1.29 is 19.1 Å². The lowest BCUT2D eigenvalue weighted by molar-refractivity contribution is -0.118. The zero-order chi connectivity index (χ0) is 17.7. The Morgan fingerprint density at radius 3 is 2.54 bits per heavy atom. The number of hydrogen-bond acceptors (Lipinski definition) is 4. The van der Waals surface area contributed by atoms with Crippen molar-refractivity contribution >= 4 is 33.8 Å². The molecule has 0 radical (unpaired) electrons. The van der Waals surface area contributed by atoms with Crippen LogP contribution < -0.4 is 14.8 Å². The molecule has 6 heteroatoms. The van der Waals surface area contributed by atoms with Crippen LogP contribution in [0.5, 0.6) is 11.5 Å². The molecule has 0 atom stereocenters. The molecule has 0 aliphatic heterocycles. The third kappa shape index (κ3) is 4.35. The number of hydrogen-bond donors (Lipinski definition) is 1. The van der Waals surface area contributed by atoms with E-state index in [1.165, 1.54) is 7.11 Å². The fraction of sp³-hybridized carbons (Fsp3) is 0.222. The smallest absolute Gasteiger partial charge is 0.262 e. The molecule has 2 rings (SSSR count). The van der Waals surface area contributed by atoms with E-state index in [2.05, 4.69) is 21.2 Å². The SMILES string of the molecule is COc1cc(C=O)ccc1OCC(=O)Nc1cc(C)c(C)cc1Br. The van der Waals surface area contributed by atoms with Crippen LogP contribution >= 0.6 is 15.9 Å². The number of methoxy groups -OCH3 is 1. The number of carbonyl (C=O) groups is 2. The highest BCUT2D eigenvalue weighted by Gasteiger charge is 2.11. The highest BCUT2D eigenvalue weighted by molar-refractivity contribution is 9.10. The number of halogens is 1. The number of amides is 1. The summed E-state index contributed by atoms with van der Waals surface area (Å²) in [4.78, 5) is 22.9. The summed E-state index contributed by atoms with van der Waals surface area (Å²) in [5, 5.41) is 2.80.